The number of nitrogens with one attached hydrogen (secondary N) is 2. The van der Waals surface area contributed by atoms with Gasteiger partial charge in [0.05, 0.1) is 21.1 Å². The molecule has 0 aliphatic rings. The first kappa shape index (κ1) is 19.7. The van der Waals surface area contributed by atoms with Crippen molar-refractivity contribution in [1.29, 1.82) is 5.26 Å². The first-order valence-electron chi connectivity index (χ1n) is 7.48. The fourth-order valence-electron chi connectivity index (χ4n) is 2.12. The average molecular weight is 389 g/mol. The number of carbonyl (C=O) groups excluding carboxylic acids is 2. The number of rotatable bonds is 6. The third-order valence-corrected chi connectivity index (χ3v) is 3.72. The molecular weight excluding hydrogens is 376 g/mol. The van der Waals surface area contributed by atoms with Crippen molar-refractivity contribution in [3.05, 3.63) is 62.7 Å². The lowest BCUT2D eigenvalue weighted by atomic mass is 10.1. The Morgan fingerprint density at radius 2 is 2.04 bits per heavy atom. The van der Waals surface area contributed by atoms with E-state index >= 15 is 0 Å². The van der Waals surface area contributed by atoms with Crippen LogP contribution in [-0.4, -0.2) is 30.5 Å². The van der Waals surface area contributed by atoms with E-state index in [1.54, 1.807) is 7.05 Å². The van der Waals surface area contributed by atoms with Crippen LogP contribution in [0.5, 0.6) is 0 Å². The molecule has 2 aromatic carbocycles. The highest BCUT2D eigenvalue weighted by molar-refractivity contribution is 6.32. The molecule has 10 heteroatoms. The zero-order valence-electron chi connectivity index (χ0n) is 14.0. The van der Waals surface area contributed by atoms with E-state index < -0.39 is 23.4 Å². The van der Waals surface area contributed by atoms with Crippen LogP contribution in [0.1, 0.15) is 15.9 Å². The Labute approximate surface area is 158 Å². The van der Waals surface area contributed by atoms with Gasteiger partial charge in [-0.25, -0.2) is 4.79 Å². The Morgan fingerprint density at radius 1 is 1.30 bits per heavy atom. The van der Waals surface area contributed by atoms with E-state index in [0.29, 0.717) is 11.4 Å². The van der Waals surface area contributed by atoms with Crippen molar-refractivity contribution in [3.8, 4) is 6.07 Å². The van der Waals surface area contributed by atoms with Crippen LogP contribution in [0, 0.1) is 21.4 Å². The molecule has 2 rings (SSSR count). The summed E-state index contributed by atoms with van der Waals surface area (Å²) in [6.45, 7) is -0.609. The van der Waals surface area contributed by atoms with E-state index in [9.17, 15) is 19.7 Å². The zero-order valence-corrected chi connectivity index (χ0v) is 14.7. The molecule has 0 radical (unpaired) electrons. The van der Waals surface area contributed by atoms with Crippen molar-refractivity contribution in [1.82, 2.24) is 0 Å². The van der Waals surface area contributed by atoms with Gasteiger partial charge in [-0.05, 0) is 24.3 Å². The summed E-state index contributed by atoms with van der Waals surface area (Å²) < 4.78 is 4.92. The summed E-state index contributed by atoms with van der Waals surface area (Å²) in [5, 5.41) is 25.0. The molecule has 0 aromatic heterocycles. The van der Waals surface area contributed by atoms with Gasteiger partial charge in [-0.15, -0.1) is 0 Å². The standard InChI is InChI=1S/C17H13ClN4O5/c1-20-15-5-4-12(22(25)26)7-13(15)17(24)27-9-16(23)21-11-3-2-10(8-19)14(18)6-11/h2-7,20H,9H2,1H3,(H,21,23). The van der Waals surface area contributed by atoms with Crippen LogP contribution in [0.2, 0.25) is 5.02 Å². The highest BCUT2D eigenvalue weighted by Gasteiger charge is 2.18. The first-order valence-corrected chi connectivity index (χ1v) is 7.86. The molecule has 9 nitrogen and oxygen atoms in total. The van der Waals surface area contributed by atoms with Crippen molar-refractivity contribution in [3.63, 3.8) is 0 Å². The SMILES string of the molecule is CNc1ccc([N+](=O)[O-])cc1C(=O)OCC(=O)Nc1ccc(C#N)c(Cl)c1. The summed E-state index contributed by atoms with van der Waals surface area (Å²) in [5.74, 6) is -1.53. The molecule has 0 bridgehead atoms. The highest BCUT2D eigenvalue weighted by atomic mass is 35.5. The second-order valence-corrected chi connectivity index (χ2v) is 5.57. The predicted octanol–water partition coefficient (Wildman–Crippen LogP) is 2.96. The lowest BCUT2D eigenvalue weighted by Gasteiger charge is -2.10. The Morgan fingerprint density at radius 3 is 2.63 bits per heavy atom. The van der Waals surface area contributed by atoms with Gasteiger partial charge < -0.3 is 15.4 Å². The van der Waals surface area contributed by atoms with Gasteiger partial charge in [0.1, 0.15) is 6.07 Å². The summed E-state index contributed by atoms with van der Waals surface area (Å²) in [4.78, 5) is 34.3. The number of carbonyl (C=O) groups is 2. The van der Waals surface area contributed by atoms with Gasteiger partial charge in [-0.2, -0.15) is 5.26 Å². The molecular formula is C17H13ClN4O5. The van der Waals surface area contributed by atoms with E-state index in [4.69, 9.17) is 21.6 Å². The second-order valence-electron chi connectivity index (χ2n) is 5.17. The molecule has 0 heterocycles. The second kappa shape index (κ2) is 8.64. The number of ether oxygens (including phenoxy) is 1. The van der Waals surface area contributed by atoms with Crippen molar-refractivity contribution in [2.75, 3.05) is 24.3 Å². The van der Waals surface area contributed by atoms with Crippen LogP contribution in [0.3, 0.4) is 0 Å². The largest absolute Gasteiger partial charge is 0.452 e. The molecule has 0 spiro atoms. The lowest BCUT2D eigenvalue weighted by Crippen LogP contribution is -2.21. The van der Waals surface area contributed by atoms with Crippen molar-refractivity contribution < 1.29 is 19.2 Å². The zero-order chi connectivity index (χ0) is 20.0. The van der Waals surface area contributed by atoms with Gasteiger partial charge >= 0.3 is 5.97 Å². The van der Waals surface area contributed by atoms with E-state index in [1.807, 2.05) is 6.07 Å². The van der Waals surface area contributed by atoms with Gasteiger partial charge in [-0.3, -0.25) is 14.9 Å². The van der Waals surface area contributed by atoms with Gasteiger partial charge in [0.25, 0.3) is 11.6 Å². The van der Waals surface area contributed by atoms with Gasteiger partial charge in [0.2, 0.25) is 0 Å². The summed E-state index contributed by atoms with van der Waals surface area (Å²) in [6.07, 6.45) is 0. The number of nitriles is 1. The van der Waals surface area contributed by atoms with Gasteiger partial charge in [0, 0.05) is 30.6 Å². The fraction of sp³-hybridized carbons (Fsp3) is 0.118. The number of nitro benzene ring substituents is 1. The van der Waals surface area contributed by atoms with Crippen LogP contribution in [0.4, 0.5) is 17.1 Å². The van der Waals surface area contributed by atoms with E-state index in [1.165, 1.54) is 30.3 Å². The van der Waals surface area contributed by atoms with Crippen LogP contribution in [0.25, 0.3) is 0 Å². The third kappa shape index (κ3) is 4.93. The summed E-state index contributed by atoms with van der Waals surface area (Å²) >= 11 is 5.87. The maximum atomic E-state index is 12.2. The van der Waals surface area contributed by atoms with Crippen molar-refractivity contribution in [2.24, 2.45) is 0 Å². The lowest BCUT2D eigenvalue weighted by molar-refractivity contribution is -0.384. The maximum absolute atomic E-state index is 12.2. The molecule has 2 N–H and O–H groups in total. The van der Waals surface area contributed by atoms with Crippen LogP contribution < -0.4 is 10.6 Å². The number of hydrogen-bond donors (Lipinski definition) is 2. The monoisotopic (exact) mass is 388 g/mol. The molecule has 0 saturated carbocycles. The number of nitrogens with zero attached hydrogens (tertiary/aromatic N) is 2. The quantitative estimate of drug-likeness (QED) is 0.441. The van der Waals surface area contributed by atoms with Gasteiger partial charge in [-0.1, -0.05) is 11.6 Å². The normalized spacial score (nSPS) is 9.81. The number of benzene rings is 2. The molecule has 0 aliphatic heterocycles. The molecule has 0 saturated heterocycles. The molecule has 2 aromatic rings. The van der Waals surface area contributed by atoms with Crippen LogP contribution >= 0.6 is 11.6 Å². The number of hydrogen-bond acceptors (Lipinski definition) is 7. The van der Waals surface area contributed by atoms with Gasteiger partial charge in [0.15, 0.2) is 6.61 Å². The Hall–Kier alpha value is -3.64. The fourth-order valence-corrected chi connectivity index (χ4v) is 2.34. The molecule has 0 aliphatic carbocycles. The number of anilines is 2. The van der Waals surface area contributed by atoms with E-state index in [-0.39, 0.29) is 21.8 Å². The number of non-ortho nitro benzene ring substituents is 1. The minimum atomic E-state index is -0.893. The molecule has 1 amide bonds. The summed E-state index contributed by atoms with van der Waals surface area (Å²) in [5.41, 5.74) is 0.557. The first-order chi connectivity index (χ1) is 12.8. The number of halogens is 1. The maximum Gasteiger partial charge on any atom is 0.341 e. The molecule has 0 atom stereocenters. The highest BCUT2D eigenvalue weighted by Crippen LogP contribution is 2.23. The molecule has 138 valence electrons. The van der Waals surface area contributed by atoms with Crippen LogP contribution in [-0.2, 0) is 9.53 Å². The minimum absolute atomic E-state index is 0.0686. The number of amides is 1. The molecule has 0 unspecified atom stereocenters. The van der Waals surface area contributed by atoms with Crippen molar-refractivity contribution >= 4 is 40.5 Å². The smallest absolute Gasteiger partial charge is 0.341 e. The average Bonchev–Trinajstić information content (AvgIpc) is 2.65. The predicted molar refractivity (Wildman–Crippen MR) is 97.7 cm³/mol. The van der Waals surface area contributed by atoms with E-state index in [2.05, 4.69) is 10.6 Å². The Kier molecular flexibility index (Phi) is 6.30. The molecule has 27 heavy (non-hydrogen) atoms. The third-order valence-electron chi connectivity index (χ3n) is 3.41. The topological polar surface area (TPSA) is 134 Å². The van der Waals surface area contributed by atoms with Crippen LogP contribution in [0.15, 0.2) is 36.4 Å². The Balaban J connectivity index is 2.04. The number of esters is 1. The van der Waals surface area contributed by atoms with Crippen molar-refractivity contribution in [2.45, 2.75) is 0 Å². The number of nitro groups is 1. The summed E-state index contributed by atoms with van der Waals surface area (Å²) in [6, 6.07) is 9.86. The Bertz CT molecular complexity index is 955. The summed E-state index contributed by atoms with van der Waals surface area (Å²) in [7, 11) is 1.54. The minimum Gasteiger partial charge on any atom is -0.452 e. The van der Waals surface area contributed by atoms with E-state index in [0.717, 1.165) is 6.07 Å². The molecule has 0 fully saturated rings.